The first-order chi connectivity index (χ1) is 15.2. The van der Waals surface area contributed by atoms with Crippen molar-refractivity contribution >= 4 is 22.4 Å². The molecular formula is C26H24N2O3. The van der Waals surface area contributed by atoms with Crippen LogP contribution in [-0.2, 0) is 0 Å². The second kappa shape index (κ2) is 9.30. The van der Waals surface area contributed by atoms with Crippen LogP contribution >= 0.6 is 0 Å². The Bertz CT molecular complexity index is 1250. The highest BCUT2D eigenvalue weighted by Gasteiger charge is 2.26. The van der Waals surface area contributed by atoms with Gasteiger partial charge in [-0.3, -0.25) is 5.43 Å². The van der Waals surface area contributed by atoms with E-state index in [4.69, 9.17) is 4.42 Å². The highest BCUT2D eigenvalue weighted by Crippen LogP contribution is 2.36. The molecule has 0 saturated carbocycles. The Morgan fingerprint density at radius 3 is 2.32 bits per heavy atom. The summed E-state index contributed by atoms with van der Waals surface area (Å²) >= 11 is 0. The van der Waals surface area contributed by atoms with Crippen molar-refractivity contribution < 1.29 is 9.52 Å². The maximum Gasteiger partial charge on any atom is 0.343 e. The van der Waals surface area contributed by atoms with Gasteiger partial charge in [0.1, 0.15) is 11.3 Å². The molecule has 1 aromatic heterocycles. The number of anilines is 1. The molecule has 0 radical (unpaired) electrons. The zero-order chi connectivity index (χ0) is 21.6. The zero-order valence-corrected chi connectivity index (χ0v) is 17.3. The van der Waals surface area contributed by atoms with Crippen LogP contribution < -0.4 is 11.1 Å². The van der Waals surface area contributed by atoms with Crippen LogP contribution in [0.1, 0.15) is 36.8 Å². The summed E-state index contributed by atoms with van der Waals surface area (Å²) in [5.74, 6) is -0.425. The SMILES string of the molecule is CC/C(C[C@@H](c1ccccc1)c1c(O)c2ccccc2oc1=O)=N/Nc1ccccc1. The lowest BCUT2D eigenvalue weighted by atomic mass is 9.86. The van der Waals surface area contributed by atoms with Crippen molar-refractivity contribution in [2.24, 2.45) is 5.10 Å². The maximum atomic E-state index is 12.9. The summed E-state index contributed by atoms with van der Waals surface area (Å²) < 4.78 is 5.55. The van der Waals surface area contributed by atoms with E-state index in [1.807, 2.05) is 73.7 Å². The molecule has 1 atom stereocenters. The molecule has 0 fully saturated rings. The molecule has 31 heavy (non-hydrogen) atoms. The highest BCUT2D eigenvalue weighted by molar-refractivity contribution is 5.88. The van der Waals surface area contributed by atoms with Gasteiger partial charge in [-0.2, -0.15) is 5.10 Å². The van der Waals surface area contributed by atoms with Crippen molar-refractivity contribution in [3.8, 4) is 5.75 Å². The Labute approximate surface area is 180 Å². The number of hydrogen-bond acceptors (Lipinski definition) is 5. The van der Waals surface area contributed by atoms with Crippen molar-refractivity contribution in [2.75, 3.05) is 5.43 Å². The van der Waals surface area contributed by atoms with Crippen LogP contribution in [0, 0.1) is 0 Å². The second-order valence-electron chi connectivity index (χ2n) is 7.32. The number of para-hydroxylation sites is 2. The Hall–Kier alpha value is -3.86. The number of aromatic hydroxyl groups is 1. The van der Waals surface area contributed by atoms with E-state index in [1.54, 1.807) is 18.2 Å². The summed E-state index contributed by atoms with van der Waals surface area (Å²) in [4.78, 5) is 12.9. The van der Waals surface area contributed by atoms with E-state index in [0.717, 1.165) is 17.0 Å². The minimum Gasteiger partial charge on any atom is -0.507 e. The molecule has 0 saturated heterocycles. The number of benzene rings is 3. The van der Waals surface area contributed by atoms with Gasteiger partial charge in [0.05, 0.1) is 16.6 Å². The van der Waals surface area contributed by atoms with Crippen LogP contribution in [-0.4, -0.2) is 10.8 Å². The van der Waals surface area contributed by atoms with E-state index in [0.29, 0.717) is 23.8 Å². The first-order valence-electron chi connectivity index (χ1n) is 10.3. The van der Waals surface area contributed by atoms with E-state index in [9.17, 15) is 9.90 Å². The van der Waals surface area contributed by atoms with E-state index in [1.165, 1.54) is 0 Å². The standard InChI is InChI=1S/C26H24N2O3/c1-2-19(27-28-20-13-7-4-8-14-20)17-22(18-11-5-3-6-12-18)24-25(29)21-15-9-10-16-23(21)31-26(24)30/h3-16,22,28-29H,2,17H2,1H3/b27-19-/t22-/m0/s1. The van der Waals surface area contributed by atoms with Crippen molar-refractivity contribution in [3.05, 3.63) is 106 Å². The van der Waals surface area contributed by atoms with Crippen LogP contribution in [0.4, 0.5) is 5.69 Å². The molecule has 5 heteroatoms. The third-order valence-electron chi connectivity index (χ3n) is 5.34. The molecule has 3 aromatic carbocycles. The van der Waals surface area contributed by atoms with Crippen molar-refractivity contribution in [1.82, 2.24) is 0 Å². The fourth-order valence-corrected chi connectivity index (χ4v) is 3.69. The zero-order valence-electron chi connectivity index (χ0n) is 17.3. The number of fused-ring (bicyclic) bond motifs is 1. The lowest BCUT2D eigenvalue weighted by molar-refractivity contribution is 0.452. The Balaban J connectivity index is 1.77. The van der Waals surface area contributed by atoms with Crippen LogP contribution in [0.3, 0.4) is 0 Å². The summed E-state index contributed by atoms with van der Waals surface area (Å²) in [5, 5.41) is 16.1. The van der Waals surface area contributed by atoms with Gasteiger partial charge in [0.2, 0.25) is 0 Å². The summed E-state index contributed by atoms with van der Waals surface area (Å²) in [5.41, 5.74) is 5.87. The van der Waals surface area contributed by atoms with Gasteiger partial charge in [-0.1, -0.05) is 67.6 Å². The predicted molar refractivity (Wildman–Crippen MR) is 125 cm³/mol. The molecule has 0 amide bonds. The molecule has 4 aromatic rings. The monoisotopic (exact) mass is 412 g/mol. The summed E-state index contributed by atoms with van der Waals surface area (Å²) in [6, 6.07) is 26.4. The van der Waals surface area contributed by atoms with E-state index in [2.05, 4.69) is 10.5 Å². The molecule has 2 N–H and O–H groups in total. The van der Waals surface area contributed by atoms with Crippen molar-refractivity contribution in [1.29, 1.82) is 0 Å². The maximum absolute atomic E-state index is 12.9. The number of rotatable bonds is 7. The predicted octanol–water partition coefficient (Wildman–Crippen LogP) is 5.90. The largest absolute Gasteiger partial charge is 0.507 e. The molecular weight excluding hydrogens is 388 g/mol. The molecule has 0 unspecified atom stereocenters. The Kier molecular flexibility index (Phi) is 6.13. The van der Waals surface area contributed by atoms with E-state index < -0.39 is 11.5 Å². The minimum absolute atomic E-state index is 0.0350. The number of hydrazone groups is 1. The van der Waals surface area contributed by atoms with Crippen LogP contribution in [0.5, 0.6) is 5.75 Å². The van der Waals surface area contributed by atoms with Gasteiger partial charge in [0.15, 0.2) is 0 Å². The summed E-state index contributed by atoms with van der Waals surface area (Å²) in [6.45, 7) is 2.02. The van der Waals surface area contributed by atoms with Gasteiger partial charge in [0.25, 0.3) is 0 Å². The fraction of sp³-hybridized carbons (Fsp3) is 0.154. The molecule has 156 valence electrons. The van der Waals surface area contributed by atoms with Crippen LogP contribution in [0.15, 0.2) is 99.2 Å². The minimum atomic E-state index is -0.531. The summed E-state index contributed by atoms with van der Waals surface area (Å²) in [6.07, 6.45) is 1.17. The van der Waals surface area contributed by atoms with Gasteiger partial charge in [-0.15, -0.1) is 0 Å². The van der Waals surface area contributed by atoms with Gasteiger partial charge < -0.3 is 9.52 Å². The van der Waals surface area contributed by atoms with E-state index in [-0.39, 0.29) is 11.3 Å². The molecule has 1 heterocycles. The topological polar surface area (TPSA) is 74.8 Å². The van der Waals surface area contributed by atoms with Crippen molar-refractivity contribution in [2.45, 2.75) is 25.7 Å². The first kappa shape index (κ1) is 20.4. The molecule has 0 bridgehead atoms. The van der Waals surface area contributed by atoms with Crippen molar-refractivity contribution in [3.63, 3.8) is 0 Å². The molecule has 0 aliphatic carbocycles. The lowest BCUT2D eigenvalue weighted by Gasteiger charge is -2.19. The normalized spacial score (nSPS) is 12.6. The smallest absolute Gasteiger partial charge is 0.343 e. The van der Waals surface area contributed by atoms with Crippen LogP contribution in [0.25, 0.3) is 11.0 Å². The summed E-state index contributed by atoms with van der Waals surface area (Å²) in [7, 11) is 0. The third kappa shape index (κ3) is 4.51. The first-order valence-corrected chi connectivity index (χ1v) is 10.3. The number of nitrogens with one attached hydrogen (secondary N) is 1. The molecule has 0 aliphatic heterocycles. The number of nitrogens with zero attached hydrogens (tertiary/aromatic N) is 1. The second-order valence-corrected chi connectivity index (χ2v) is 7.32. The quantitative estimate of drug-likeness (QED) is 0.225. The van der Waals surface area contributed by atoms with Gasteiger partial charge in [0, 0.05) is 11.6 Å². The molecule has 0 spiro atoms. The Morgan fingerprint density at radius 1 is 0.968 bits per heavy atom. The molecule has 0 aliphatic rings. The third-order valence-corrected chi connectivity index (χ3v) is 5.34. The van der Waals surface area contributed by atoms with E-state index >= 15 is 0 Å². The molecule has 5 nitrogen and oxygen atoms in total. The Morgan fingerprint density at radius 2 is 1.61 bits per heavy atom. The van der Waals surface area contributed by atoms with Gasteiger partial charge in [-0.25, -0.2) is 4.79 Å². The number of hydrogen-bond donors (Lipinski definition) is 2. The molecule has 4 rings (SSSR count). The van der Waals surface area contributed by atoms with Gasteiger partial charge >= 0.3 is 5.63 Å². The fourth-order valence-electron chi connectivity index (χ4n) is 3.69. The van der Waals surface area contributed by atoms with Crippen LogP contribution in [0.2, 0.25) is 0 Å². The van der Waals surface area contributed by atoms with Gasteiger partial charge in [-0.05, 0) is 42.7 Å². The lowest BCUT2D eigenvalue weighted by Crippen LogP contribution is -2.18. The highest BCUT2D eigenvalue weighted by atomic mass is 16.4. The average molecular weight is 412 g/mol. The average Bonchev–Trinajstić information content (AvgIpc) is 2.82.